The van der Waals surface area contributed by atoms with Crippen LogP contribution in [0, 0.1) is 6.92 Å². The SMILES string of the molecule is COc1cc(C)c(S(=O)(=O)NC2(CN)CCCC2)cc1C(C)C.Cl. The zero-order valence-corrected chi connectivity index (χ0v) is 16.5. The van der Waals surface area contributed by atoms with Crippen LogP contribution in [0.15, 0.2) is 17.0 Å². The molecule has 1 aromatic rings. The Labute approximate surface area is 151 Å². The molecule has 0 spiro atoms. The van der Waals surface area contributed by atoms with Gasteiger partial charge < -0.3 is 10.5 Å². The number of hydrogen-bond acceptors (Lipinski definition) is 4. The number of benzene rings is 1. The van der Waals surface area contributed by atoms with Crippen LogP contribution >= 0.6 is 12.4 Å². The molecule has 0 saturated heterocycles. The standard InChI is InChI=1S/C17H28N2O3S.ClH/c1-12(2)14-10-16(13(3)9-15(14)22-4)23(20,21)19-17(11-18)7-5-6-8-17;/h9-10,12,19H,5-8,11,18H2,1-4H3;1H. The Bertz CT molecular complexity index is 669. The predicted molar refractivity (Wildman–Crippen MR) is 99.6 cm³/mol. The molecule has 1 saturated carbocycles. The Hall–Kier alpha value is -0.820. The van der Waals surface area contributed by atoms with E-state index in [0.29, 0.717) is 17.0 Å². The molecule has 1 fully saturated rings. The van der Waals surface area contributed by atoms with E-state index in [9.17, 15) is 8.42 Å². The van der Waals surface area contributed by atoms with E-state index in [-0.39, 0.29) is 18.3 Å². The highest BCUT2D eigenvalue weighted by atomic mass is 35.5. The van der Waals surface area contributed by atoms with Crippen LogP contribution in [0.2, 0.25) is 0 Å². The molecule has 0 radical (unpaired) electrons. The molecule has 24 heavy (non-hydrogen) atoms. The molecule has 1 aromatic carbocycles. The fraction of sp³-hybridized carbons (Fsp3) is 0.647. The zero-order chi connectivity index (χ0) is 17.3. The maximum Gasteiger partial charge on any atom is 0.241 e. The Morgan fingerprint density at radius 3 is 2.33 bits per heavy atom. The van der Waals surface area contributed by atoms with Crippen molar-refractivity contribution in [1.29, 1.82) is 0 Å². The lowest BCUT2D eigenvalue weighted by Crippen LogP contribution is -2.51. The first-order valence-electron chi connectivity index (χ1n) is 8.17. The first kappa shape index (κ1) is 21.2. The molecule has 1 aliphatic carbocycles. The van der Waals surface area contributed by atoms with Crippen LogP contribution in [0.4, 0.5) is 0 Å². The first-order valence-corrected chi connectivity index (χ1v) is 9.65. The minimum Gasteiger partial charge on any atom is -0.496 e. The lowest BCUT2D eigenvalue weighted by Gasteiger charge is -2.29. The number of methoxy groups -OCH3 is 1. The maximum absolute atomic E-state index is 12.9. The van der Waals surface area contributed by atoms with Crippen molar-refractivity contribution in [2.45, 2.75) is 62.8 Å². The van der Waals surface area contributed by atoms with Gasteiger partial charge in [0.05, 0.1) is 12.0 Å². The summed E-state index contributed by atoms with van der Waals surface area (Å²) < 4.78 is 34.2. The van der Waals surface area contributed by atoms with Crippen molar-refractivity contribution in [3.63, 3.8) is 0 Å². The monoisotopic (exact) mass is 376 g/mol. The number of ether oxygens (including phenoxy) is 1. The van der Waals surface area contributed by atoms with Gasteiger partial charge in [0, 0.05) is 12.1 Å². The Morgan fingerprint density at radius 2 is 1.88 bits per heavy atom. The van der Waals surface area contributed by atoms with Gasteiger partial charge in [-0.3, -0.25) is 0 Å². The van der Waals surface area contributed by atoms with Crippen LogP contribution in [-0.2, 0) is 10.0 Å². The second-order valence-electron chi connectivity index (χ2n) is 6.81. The third-order valence-electron chi connectivity index (χ3n) is 4.74. The zero-order valence-electron chi connectivity index (χ0n) is 14.9. The van der Waals surface area contributed by atoms with E-state index in [1.165, 1.54) is 0 Å². The molecule has 0 atom stereocenters. The Kier molecular flexibility index (Phi) is 7.11. The van der Waals surface area contributed by atoms with Crippen molar-refractivity contribution in [3.05, 3.63) is 23.3 Å². The minimum atomic E-state index is -3.61. The molecule has 7 heteroatoms. The molecule has 0 bridgehead atoms. The van der Waals surface area contributed by atoms with Crippen LogP contribution in [-0.4, -0.2) is 27.6 Å². The van der Waals surface area contributed by atoms with E-state index < -0.39 is 15.6 Å². The summed E-state index contributed by atoms with van der Waals surface area (Å²) in [6.07, 6.45) is 3.63. The fourth-order valence-electron chi connectivity index (χ4n) is 3.33. The number of halogens is 1. The Morgan fingerprint density at radius 1 is 1.29 bits per heavy atom. The molecule has 5 nitrogen and oxygen atoms in total. The highest BCUT2D eigenvalue weighted by Gasteiger charge is 2.37. The second-order valence-corrected chi connectivity index (χ2v) is 8.46. The molecular formula is C17H29ClN2O3S. The summed E-state index contributed by atoms with van der Waals surface area (Å²) in [5.41, 5.74) is 6.95. The highest BCUT2D eigenvalue weighted by Crippen LogP contribution is 2.34. The van der Waals surface area contributed by atoms with E-state index in [1.54, 1.807) is 26.2 Å². The first-order chi connectivity index (χ1) is 10.7. The van der Waals surface area contributed by atoms with E-state index in [1.807, 2.05) is 13.8 Å². The fourth-order valence-corrected chi connectivity index (χ4v) is 5.07. The number of hydrogen-bond donors (Lipinski definition) is 2. The molecule has 0 amide bonds. The van der Waals surface area contributed by atoms with Crippen LogP contribution in [0.25, 0.3) is 0 Å². The third-order valence-corrected chi connectivity index (χ3v) is 6.46. The Balaban J connectivity index is 0.00000288. The molecule has 2 rings (SSSR count). The van der Waals surface area contributed by atoms with Gasteiger partial charge in [-0.25, -0.2) is 13.1 Å². The molecule has 3 N–H and O–H groups in total. The van der Waals surface area contributed by atoms with Crippen molar-refractivity contribution < 1.29 is 13.2 Å². The molecule has 1 aliphatic rings. The largest absolute Gasteiger partial charge is 0.496 e. The number of nitrogens with one attached hydrogen (secondary N) is 1. The van der Waals surface area contributed by atoms with Crippen LogP contribution in [0.1, 0.15) is 56.6 Å². The smallest absolute Gasteiger partial charge is 0.241 e. The second kappa shape index (κ2) is 8.04. The summed E-state index contributed by atoms with van der Waals surface area (Å²) in [5, 5.41) is 0. The van der Waals surface area contributed by atoms with Crippen molar-refractivity contribution in [3.8, 4) is 5.75 Å². The van der Waals surface area contributed by atoms with Crippen LogP contribution in [0.5, 0.6) is 5.75 Å². The van der Waals surface area contributed by atoms with Gasteiger partial charge in [0.15, 0.2) is 0 Å². The maximum atomic E-state index is 12.9. The van der Waals surface area contributed by atoms with Crippen molar-refractivity contribution in [2.75, 3.05) is 13.7 Å². The molecule has 0 aromatic heterocycles. The average Bonchev–Trinajstić information content (AvgIpc) is 2.94. The van der Waals surface area contributed by atoms with Crippen LogP contribution in [0.3, 0.4) is 0 Å². The van der Waals surface area contributed by atoms with Gasteiger partial charge in [-0.15, -0.1) is 12.4 Å². The van der Waals surface area contributed by atoms with E-state index in [2.05, 4.69) is 4.72 Å². The van der Waals surface area contributed by atoms with Gasteiger partial charge in [0.2, 0.25) is 10.0 Å². The average molecular weight is 377 g/mol. The number of nitrogens with two attached hydrogens (primary N) is 1. The topological polar surface area (TPSA) is 81.4 Å². The number of rotatable bonds is 6. The molecular weight excluding hydrogens is 348 g/mol. The lowest BCUT2D eigenvalue weighted by molar-refractivity contribution is 0.398. The molecule has 0 aliphatic heterocycles. The summed E-state index contributed by atoms with van der Waals surface area (Å²) in [7, 11) is -2.01. The van der Waals surface area contributed by atoms with Gasteiger partial charge in [0.25, 0.3) is 0 Å². The minimum absolute atomic E-state index is 0. The third kappa shape index (κ3) is 4.23. The van der Waals surface area contributed by atoms with Crippen molar-refractivity contribution in [1.82, 2.24) is 4.72 Å². The van der Waals surface area contributed by atoms with Crippen molar-refractivity contribution >= 4 is 22.4 Å². The molecule has 0 unspecified atom stereocenters. The summed E-state index contributed by atoms with van der Waals surface area (Å²) >= 11 is 0. The van der Waals surface area contributed by atoms with Gasteiger partial charge >= 0.3 is 0 Å². The van der Waals surface area contributed by atoms with Gasteiger partial charge in [0.1, 0.15) is 5.75 Å². The summed E-state index contributed by atoms with van der Waals surface area (Å²) in [6, 6.07) is 3.54. The van der Waals surface area contributed by atoms with Gasteiger partial charge in [-0.05, 0) is 48.9 Å². The quantitative estimate of drug-likeness (QED) is 0.799. The molecule has 138 valence electrons. The number of aryl methyl sites for hydroxylation is 1. The number of sulfonamides is 1. The normalized spacial score (nSPS) is 16.9. The van der Waals surface area contributed by atoms with Gasteiger partial charge in [-0.2, -0.15) is 0 Å². The van der Waals surface area contributed by atoms with E-state index >= 15 is 0 Å². The predicted octanol–water partition coefficient (Wildman–Crippen LogP) is 3.10. The van der Waals surface area contributed by atoms with Gasteiger partial charge in [-0.1, -0.05) is 26.7 Å². The molecule has 0 heterocycles. The lowest BCUT2D eigenvalue weighted by atomic mass is 10.0. The van der Waals surface area contributed by atoms with E-state index in [0.717, 1.165) is 37.0 Å². The highest BCUT2D eigenvalue weighted by molar-refractivity contribution is 7.89. The summed E-state index contributed by atoms with van der Waals surface area (Å²) in [4.78, 5) is 0.321. The van der Waals surface area contributed by atoms with Crippen molar-refractivity contribution in [2.24, 2.45) is 5.73 Å². The summed E-state index contributed by atoms with van der Waals surface area (Å²) in [6.45, 7) is 6.17. The summed E-state index contributed by atoms with van der Waals surface area (Å²) in [5.74, 6) is 0.903. The van der Waals surface area contributed by atoms with E-state index in [4.69, 9.17) is 10.5 Å². The van der Waals surface area contributed by atoms with Crippen LogP contribution < -0.4 is 15.2 Å².